The van der Waals surface area contributed by atoms with E-state index in [1.165, 1.54) is 0 Å². The molecular formula is C5H12NO2P. The van der Waals surface area contributed by atoms with E-state index in [9.17, 15) is 4.79 Å². The lowest BCUT2D eigenvalue weighted by molar-refractivity contribution is -0.139. The molecule has 0 aromatic carbocycles. The van der Waals surface area contributed by atoms with Crippen LogP contribution in [0.5, 0.6) is 0 Å². The SMILES string of the molecule is CCN(C)C(P)C(=O)O. The Labute approximate surface area is 57.2 Å². The maximum absolute atomic E-state index is 10.2. The minimum Gasteiger partial charge on any atom is -0.480 e. The van der Waals surface area contributed by atoms with Gasteiger partial charge in [-0.15, -0.1) is 9.24 Å². The molecule has 0 aliphatic carbocycles. The average Bonchev–Trinajstić information content (AvgIpc) is 1.84. The normalized spacial score (nSPS) is 13.8. The second kappa shape index (κ2) is 3.80. The number of carboxylic acid groups (broad SMARTS) is 1. The van der Waals surface area contributed by atoms with E-state index < -0.39 is 11.8 Å². The fourth-order valence-electron chi connectivity index (χ4n) is 0.385. The van der Waals surface area contributed by atoms with Crippen LogP contribution in [0.1, 0.15) is 6.92 Å². The van der Waals surface area contributed by atoms with E-state index in [2.05, 4.69) is 9.24 Å². The summed E-state index contributed by atoms with van der Waals surface area (Å²) in [4.78, 5) is 12.0. The summed E-state index contributed by atoms with van der Waals surface area (Å²) in [6.07, 6.45) is 0. The molecule has 0 heterocycles. The first-order valence-corrected chi connectivity index (χ1v) is 3.45. The Morgan fingerprint density at radius 3 is 2.44 bits per heavy atom. The van der Waals surface area contributed by atoms with Crippen molar-refractivity contribution in [3.8, 4) is 0 Å². The van der Waals surface area contributed by atoms with Crippen LogP contribution in [-0.4, -0.2) is 35.4 Å². The molecule has 0 spiro atoms. The highest BCUT2D eigenvalue weighted by atomic mass is 31.0. The van der Waals surface area contributed by atoms with Gasteiger partial charge in [-0.25, -0.2) is 0 Å². The molecule has 0 rings (SSSR count). The van der Waals surface area contributed by atoms with E-state index in [0.29, 0.717) is 0 Å². The molecule has 4 heteroatoms. The van der Waals surface area contributed by atoms with Crippen molar-refractivity contribution in [2.45, 2.75) is 12.7 Å². The van der Waals surface area contributed by atoms with E-state index >= 15 is 0 Å². The van der Waals surface area contributed by atoms with Gasteiger partial charge < -0.3 is 5.11 Å². The molecule has 9 heavy (non-hydrogen) atoms. The number of rotatable bonds is 3. The quantitative estimate of drug-likeness (QED) is 0.584. The van der Waals surface area contributed by atoms with Crippen molar-refractivity contribution in [3.63, 3.8) is 0 Å². The van der Waals surface area contributed by atoms with Crippen LogP contribution in [0.2, 0.25) is 0 Å². The highest BCUT2D eigenvalue weighted by Crippen LogP contribution is 2.03. The number of aliphatic carboxylic acids is 1. The third-order valence-corrected chi connectivity index (χ3v) is 2.02. The first-order valence-electron chi connectivity index (χ1n) is 2.78. The molecule has 2 unspecified atom stereocenters. The van der Waals surface area contributed by atoms with E-state index in [1.54, 1.807) is 11.9 Å². The number of nitrogens with zero attached hydrogens (tertiary/aromatic N) is 1. The number of carbonyl (C=O) groups is 1. The van der Waals surface area contributed by atoms with Gasteiger partial charge in [0.25, 0.3) is 0 Å². The van der Waals surface area contributed by atoms with Crippen LogP contribution >= 0.6 is 9.24 Å². The van der Waals surface area contributed by atoms with Gasteiger partial charge in [0.1, 0.15) is 5.78 Å². The summed E-state index contributed by atoms with van der Waals surface area (Å²) in [5.74, 6) is -1.25. The van der Waals surface area contributed by atoms with Gasteiger partial charge in [-0.05, 0) is 13.6 Å². The zero-order chi connectivity index (χ0) is 7.44. The second-order valence-electron chi connectivity index (χ2n) is 1.86. The Morgan fingerprint density at radius 2 is 2.33 bits per heavy atom. The zero-order valence-corrected chi connectivity index (χ0v) is 6.82. The average molecular weight is 149 g/mol. The standard InChI is InChI=1S/C5H12NO2P/c1-3-6(2)4(9)5(7)8/h4H,3,9H2,1-2H3,(H,7,8). The molecule has 0 aliphatic heterocycles. The molecule has 0 amide bonds. The first kappa shape index (κ1) is 8.86. The second-order valence-corrected chi connectivity index (χ2v) is 2.49. The third-order valence-electron chi connectivity index (χ3n) is 1.23. The predicted molar refractivity (Wildman–Crippen MR) is 39.4 cm³/mol. The lowest BCUT2D eigenvalue weighted by Gasteiger charge is -2.17. The van der Waals surface area contributed by atoms with E-state index in [4.69, 9.17) is 5.11 Å². The van der Waals surface area contributed by atoms with Gasteiger partial charge in [0, 0.05) is 0 Å². The van der Waals surface area contributed by atoms with Gasteiger partial charge in [-0.2, -0.15) is 0 Å². The Hall–Kier alpha value is -0.140. The smallest absolute Gasteiger partial charge is 0.324 e. The van der Waals surface area contributed by atoms with Gasteiger partial charge in [0.2, 0.25) is 0 Å². The van der Waals surface area contributed by atoms with Crippen LogP contribution in [-0.2, 0) is 4.79 Å². The van der Waals surface area contributed by atoms with Gasteiger partial charge in [0.15, 0.2) is 0 Å². The molecule has 0 bridgehead atoms. The van der Waals surface area contributed by atoms with E-state index in [1.807, 2.05) is 6.92 Å². The molecule has 0 radical (unpaired) electrons. The number of carboxylic acids is 1. The Bertz CT molecular complexity index is 107. The molecule has 0 aliphatic rings. The molecule has 0 fully saturated rings. The lowest BCUT2D eigenvalue weighted by atomic mass is 10.5. The van der Waals surface area contributed by atoms with Crippen LogP contribution in [0, 0.1) is 0 Å². The van der Waals surface area contributed by atoms with Crippen LogP contribution in [0.15, 0.2) is 0 Å². The van der Waals surface area contributed by atoms with Crippen LogP contribution < -0.4 is 0 Å². The summed E-state index contributed by atoms with van der Waals surface area (Å²) >= 11 is 0. The van der Waals surface area contributed by atoms with Crippen LogP contribution in [0.3, 0.4) is 0 Å². The van der Waals surface area contributed by atoms with E-state index in [-0.39, 0.29) is 0 Å². The van der Waals surface area contributed by atoms with Crippen LogP contribution in [0.4, 0.5) is 0 Å². The fourth-order valence-corrected chi connectivity index (χ4v) is 0.596. The lowest BCUT2D eigenvalue weighted by Crippen LogP contribution is -2.32. The maximum Gasteiger partial charge on any atom is 0.324 e. The summed E-state index contributed by atoms with van der Waals surface area (Å²) in [5, 5.41) is 8.42. The van der Waals surface area contributed by atoms with Gasteiger partial charge >= 0.3 is 5.97 Å². The van der Waals surface area contributed by atoms with Gasteiger partial charge in [0.05, 0.1) is 0 Å². The fraction of sp³-hybridized carbons (Fsp3) is 0.800. The summed E-state index contributed by atoms with van der Waals surface area (Å²) in [6.45, 7) is 2.67. The van der Waals surface area contributed by atoms with Gasteiger partial charge in [-0.3, -0.25) is 9.69 Å². The monoisotopic (exact) mass is 149 g/mol. The molecule has 2 atom stereocenters. The molecule has 0 saturated carbocycles. The van der Waals surface area contributed by atoms with Crippen LogP contribution in [0.25, 0.3) is 0 Å². The van der Waals surface area contributed by atoms with Crippen molar-refractivity contribution < 1.29 is 9.90 Å². The third kappa shape index (κ3) is 2.78. The van der Waals surface area contributed by atoms with Crippen molar-refractivity contribution >= 4 is 15.2 Å². The molecule has 54 valence electrons. The molecule has 3 nitrogen and oxygen atoms in total. The first-order chi connectivity index (χ1) is 4.09. The van der Waals surface area contributed by atoms with Crippen molar-refractivity contribution in [1.82, 2.24) is 4.90 Å². The number of hydrogen-bond acceptors (Lipinski definition) is 2. The summed E-state index contributed by atoms with van der Waals surface area (Å²) < 4.78 is 0. The number of likely N-dealkylation sites (N-methyl/N-ethyl adjacent to an activating group) is 1. The summed E-state index contributed by atoms with van der Waals surface area (Å²) in [5.41, 5.74) is 0. The maximum atomic E-state index is 10.2. The highest BCUT2D eigenvalue weighted by Gasteiger charge is 2.13. The number of hydrogen-bond donors (Lipinski definition) is 1. The predicted octanol–water partition coefficient (Wildman–Crippen LogP) is 0.224. The molecule has 0 aromatic rings. The van der Waals surface area contributed by atoms with Gasteiger partial charge in [-0.1, -0.05) is 6.92 Å². The minimum atomic E-state index is -0.802. The minimum absolute atomic E-state index is 0.449. The Morgan fingerprint density at radius 1 is 1.89 bits per heavy atom. The van der Waals surface area contributed by atoms with Crippen molar-refractivity contribution in [1.29, 1.82) is 0 Å². The van der Waals surface area contributed by atoms with E-state index in [0.717, 1.165) is 6.54 Å². The topological polar surface area (TPSA) is 40.5 Å². The molecular weight excluding hydrogens is 137 g/mol. The summed E-state index contributed by atoms with van der Waals surface area (Å²) in [7, 11) is 4.03. The molecule has 0 aromatic heterocycles. The zero-order valence-electron chi connectivity index (χ0n) is 5.66. The largest absolute Gasteiger partial charge is 0.480 e. The van der Waals surface area contributed by atoms with Crippen molar-refractivity contribution in [2.24, 2.45) is 0 Å². The Balaban J connectivity index is 3.72. The molecule has 1 N–H and O–H groups in total. The summed E-state index contributed by atoms with van der Waals surface area (Å²) in [6, 6.07) is 0. The highest BCUT2D eigenvalue weighted by molar-refractivity contribution is 7.19. The Kier molecular flexibility index (Phi) is 3.75. The van der Waals surface area contributed by atoms with Crippen molar-refractivity contribution in [3.05, 3.63) is 0 Å². The molecule has 0 saturated heterocycles. The van der Waals surface area contributed by atoms with Crippen molar-refractivity contribution in [2.75, 3.05) is 13.6 Å².